The number of benzene rings is 2. The molecule has 3 rings (SSSR count). The molecular weight excluding hydrogens is 316 g/mol. The summed E-state index contributed by atoms with van der Waals surface area (Å²) in [6.07, 6.45) is 1.18. The minimum atomic E-state index is -0.0423. The Bertz CT molecular complexity index is 741. The minimum absolute atomic E-state index is 0.0415. The maximum atomic E-state index is 12.9. The lowest BCUT2D eigenvalue weighted by Gasteiger charge is -2.23. The van der Waals surface area contributed by atoms with E-state index in [1.165, 1.54) is 7.11 Å². The van der Waals surface area contributed by atoms with Crippen LogP contribution in [0.25, 0.3) is 11.1 Å². The highest BCUT2D eigenvalue weighted by molar-refractivity contribution is 6.00. The maximum Gasteiger partial charge on any atom is 0.254 e. The van der Waals surface area contributed by atoms with Crippen LogP contribution in [0, 0.1) is 0 Å². The van der Waals surface area contributed by atoms with Crippen molar-refractivity contribution in [1.29, 1.82) is 0 Å². The van der Waals surface area contributed by atoms with E-state index >= 15 is 0 Å². The van der Waals surface area contributed by atoms with E-state index in [1.54, 1.807) is 4.90 Å². The molecule has 1 amide bonds. The summed E-state index contributed by atoms with van der Waals surface area (Å²) in [6.45, 7) is 0.486. The zero-order chi connectivity index (χ0) is 17.6. The van der Waals surface area contributed by atoms with Gasteiger partial charge in [0.2, 0.25) is 0 Å². The minimum Gasteiger partial charge on any atom is -0.399 e. The maximum absolute atomic E-state index is 12.9. The van der Waals surface area contributed by atoms with Crippen LogP contribution in [0.5, 0.6) is 0 Å². The number of carbonyl (C=O) groups excluding carboxylic acids is 1. The second kappa shape index (κ2) is 7.94. The van der Waals surface area contributed by atoms with Gasteiger partial charge >= 0.3 is 0 Å². The van der Waals surface area contributed by atoms with Crippen molar-refractivity contribution in [2.45, 2.75) is 18.9 Å². The van der Waals surface area contributed by atoms with Gasteiger partial charge in [-0.05, 0) is 29.7 Å². The van der Waals surface area contributed by atoms with Gasteiger partial charge in [-0.25, -0.2) is 0 Å². The van der Waals surface area contributed by atoms with Gasteiger partial charge in [-0.3, -0.25) is 4.79 Å². The average molecular weight is 338 g/mol. The summed E-state index contributed by atoms with van der Waals surface area (Å²) in [5.41, 5.74) is 3.67. The van der Waals surface area contributed by atoms with E-state index in [-0.39, 0.29) is 18.6 Å². The Kier molecular flexibility index (Phi) is 5.46. The number of hydrogen-bond donors (Lipinski definition) is 1. The van der Waals surface area contributed by atoms with Gasteiger partial charge in [0.05, 0.1) is 12.3 Å². The SMILES string of the molecule is CO/N=C1/C[C@@H](CCO)N(C(=O)c2ccc(-c3ccccc3)cc2)C1. The molecular formula is C20H22N2O3. The molecule has 130 valence electrons. The number of aliphatic hydroxyl groups is 1. The summed E-state index contributed by atoms with van der Waals surface area (Å²) in [5.74, 6) is -0.0423. The molecule has 5 nitrogen and oxygen atoms in total. The molecule has 1 saturated heterocycles. The van der Waals surface area contributed by atoms with E-state index in [0.29, 0.717) is 24.9 Å². The highest BCUT2D eigenvalue weighted by Crippen LogP contribution is 2.24. The third-order valence-corrected chi connectivity index (χ3v) is 4.45. The van der Waals surface area contributed by atoms with Crippen molar-refractivity contribution >= 4 is 11.6 Å². The number of nitrogens with zero attached hydrogens (tertiary/aromatic N) is 2. The van der Waals surface area contributed by atoms with Crippen molar-refractivity contribution in [3.05, 3.63) is 60.2 Å². The molecule has 2 aromatic carbocycles. The lowest BCUT2D eigenvalue weighted by Crippen LogP contribution is -2.36. The quantitative estimate of drug-likeness (QED) is 0.853. The van der Waals surface area contributed by atoms with E-state index in [0.717, 1.165) is 16.8 Å². The second-order valence-electron chi connectivity index (χ2n) is 6.09. The van der Waals surface area contributed by atoms with E-state index in [2.05, 4.69) is 5.16 Å². The first-order valence-electron chi connectivity index (χ1n) is 8.39. The van der Waals surface area contributed by atoms with Gasteiger partial charge in [-0.15, -0.1) is 0 Å². The number of likely N-dealkylation sites (tertiary alicyclic amines) is 1. The zero-order valence-corrected chi connectivity index (χ0v) is 14.3. The first-order chi connectivity index (χ1) is 12.2. The van der Waals surface area contributed by atoms with Crippen LogP contribution in [-0.4, -0.2) is 47.9 Å². The number of carbonyl (C=O) groups is 1. The van der Waals surface area contributed by atoms with Crippen LogP contribution in [0.4, 0.5) is 0 Å². The first kappa shape index (κ1) is 17.2. The lowest BCUT2D eigenvalue weighted by molar-refractivity contribution is 0.0720. The van der Waals surface area contributed by atoms with Crippen LogP contribution in [0.2, 0.25) is 0 Å². The molecule has 0 radical (unpaired) electrons. The highest BCUT2D eigenvalue weighted by Gasteiger charge is 2.33. The molecule has 5 heteroatoms. The Morgan fingerprint density at radius 1 is 1.16 bits per heavy atom. The first-order valence-corrected chi connectivity index (χ1v) is 8.39. The topological polar surface area (TPSA) is 62.1 Å². The van der Waals surface area contributed by atoms with Crippen LogP contribution >= 0.6 is 0 Å². The third kappa shape index (κ3) is 3.88. The van der Waals surface area contributed by atoms with Crippen molar-refractivity contribution in [1.82, 2.24) is 4.90 Å². The molecule has 1 heterocycles. The van der Waals surface area contributed by atoms with Crippen molar-refractivity contribution in [3.63, 3.8) is 0 Å². The van der Waals surface area contributed by atoms with Crippen LogP contribution in [0.15, 0.2) is 59.8 Å². The van der Waals surface area contributed by atoms with Crippen LogP contribution in [-0.2, 0) is 4.84 Å². The van der Waals surface area contributed by atoms with Gasteiger partial charge in [-0.1, -0.05) is 47.6 Å². The van der Waals surface area contributed by atoms with Crippen LogP contribution < -0.4 is 0 Å². The summed E-state index contributed by atoms with van der Waals surface area (Å²) in [6, 6.07) is 17.6. The number of aliphatic hydroxyl groups excluding tert-OH is 1. The molecule has 0 aromatic heterocycles. The molecule has 2 aromatic rings. The monoisotopic (exact) mass is 338 g/mol. The van der Waals surface area contributed by atoms with Gasteiger partial charge in [0.15, 0.2) is 0 Å². The molecule has 0 spiro atoms. The average Bonchev–Trinajstić information content (AvgIpc) is 3.05. The molecule has 0 aliphatic carbocycles. The largest absolute Gasteiger partial charge is 0.399 e. The standard InChI is InChI=1S/C20H22N2O3/c1-25-21-18-13-19(11-12-23)22(14-18)20(24)17-9-7-16(8-10-17)15-5-3-2-4-6-15/h2-10,19,23H,11-14H2,1H3/b21-18-/t19-/m1/s1. The summed E-state index contributed by atoms with van der Waals surface area (Å²) >= 11 is 0. The normalized spacial score (nSPS) is 18.6. The van der Waals surface area contributed by atoms with Gasteiger partial charge < -0.3 is 14.8 Å². The molecule has 1 atom stereocenters. The van der Waals surface area contributed by atoms with Gasteiger partial charge in [0, 0.05) is 24.6 Å². The summed E-state index contributed by atoms with van der Waals surface area (Å²) in [5, 5.41) is 13.2. The van der Waals surface area contributed by atoms with Gasteiger partial charge in [0.25, 0.3) is 5.91 Å². The third-order valence-electron chi connectivity index (χ3n) is 4.45. The predicted molar refractivity (Wildman–Crippen MR) is 97.5 cm³/mol. The zero-order valence-electron chi connectivity index (χ0n) is 14.3. The van der Waals surface area contributed by atoms with E-state index in [1.807, 2.05) is 54.6 Å². The Hall–Kier alpha value is -2.66. The van der Waals surface area contributed by atoms with Gasteiger partial charge in [0.1, 0.15) is 7.11 Å². The molecule has 1 N–H and O–H groups in total. The summed E-state index contributed by atoms with van der Waals surface area (Å²) < 4.78 is 0. The Morgan fingerprint density at radius 2 is 1.84 bits per heavy atom. The molecule has 1 aliphatic heterocycles. The fraction of sp³-hybridized carbons (Fsp3) is 0.300. The second-order valence-corrected chi connectivity index (χ2v) is 6.09. The van der Waals surface area contributed by atoms with Crippen molar-refractivity contribution in [2.75, 3.05) is 20.3 Å². The van der Waals surface area contributed by atoms with Gasteiger partial charge in [-0.2, -0.15) is 0 Å². The Balaban J connectivity index is 1.78. The van der Waals surface area contributed by atoms with E-state index in [4.69, 9.17) is 4.84 Å². The van der Waals surface area contributed by atoms with Crippen molar-refractivity contribution < 1.29 is 14.7 Å². The summed E-state index contributed by atoms with van der Waals surface area (Å²) in [7, 11) is 1.50. The van der Waals surface area contributed by atoms with E-state index in [9.17, 15) is 9.90 Å². The highest BCUT2D eigenvalue weighted by atomic mass is 16.6. The van der Waals surface area contributed by atoms with E-state index < -0.39 is 0 Å². The molecule has 0 bridgehead atoms. The number of hydrogen-bond acceptors (Lipinski definition) is 4. The Labute approximate surface area is 147 Å². The summed E-state index contributed by atoms with van der Waals surface area (Å²) in [4.78, 5) is 19.5. The number of oxime groups is 1. The molecule has 1 fully saturated rings. The number of amides is 1. The lowest BCUT2D eigenvalue weighted by atomic mass is 10.0. The molecule has 0 saturated carbocycles. The Morgan fingerprint density at radius 3 is 2.48 bits per heavy atom. The number of rotatable bonds is 5. The molecule has 25 heavy (non-hydrogen) atoms. The van der Waals surface area contributed by atoms with Crippen molar-refractivity contribution in [2.24, 2.45) is 5.16 Å². The fourth-order valence-corrected chi connectivity index (χ4v) is 3.21. The van der Waals surface area contributed by atoms with Crippen molar-refractivity contribution in [3.8, 4) is 11.1 Å². The predicted octanol–water partition coefficient (Wildman–Crippen LogP) is 2.95. The fourth-order valence-electron chi connectivity index (χ4n) is 3.21. The smallest absolute Gasteiger partial charge is 0.254 e. The van der Waals surface area contributed by atoms with Crippen LogP contribution in [0.3, 0.4) is 0 Å². The van der Waals surface area contributed by atoms with Crippen LogP contribution in [0.1, 0.15) is 23.2 Å². The molecule has 1 aliphatic rings. The molecule has 0 unspecified atom stereocenters.